The molecule has 0 amide bonds. The third kappa shape index (κ3) is 4.22. The highest BCUT2D eigenvalue weighted by Crippen LogP contribution is 2.18. The number of hydrogen-bond donors (Lipinski definition) is 1. The zero-order valence-corrected chi connectivity index (χ0v) is 12.2. The maximum absolute atomic E-state index is 5.71. The molecule has 3 atom stereocenters. The first kappa shape index (κ1) is 14.3. The largest absolute Gasteiger partial charge is 0.378 e. The molecule has 2 heterocycles. The van der Waals surface area contributed by atoms with Gasteiger partial charge >= 0.3 is 0 Å². The van der Waals surface area contributed by atoms with Gasteiger partial charge in [0.2, 0.25) is 0 Å². The van der Waals surface area contributed by atoms with Gasteiger partial charge in [0.1, 0.15) is 0 Å². The highest BCUT2D eigenvalue weighted by molar-refractivity contribution is 4.84. The van der Waals surface area contributed by atoms with Crippen LogP contribution in [0.1, 0.15) is 52.4 Å². The Kier molecular flexibility index (Phi) is 5.93. The SMILES string of the molecule is CCCC1CNC(C)CN1CCCC1CCCO1. The van der Waals surface area contributed by atoms with E-state index in [1.165, 1.54) is 58.2 Å². The third-order valence-electron chi connectivity index (χ3n) is 4.34. The second kappa shape index (κ2) is 7.46. The van der Waals surface area contributed by atoms with Crippen molar-refractivity contribution in [2.45, 2.75) is 70.6 Å². The van der Waals surface area contributed by atoms with Crippen LogP contribution in [-0.4, -0.2) is 49.3 Å². The van der Waals surface area contributed by atoms with E-state index in [1.54, 1.807) is 0 Å². The molecule has 0 aromatic rings. The van der Waals surface area contributed by atoms with Crippen molar-refractivity contribution in [3.8, 4) is 0 Å². The Hall–Kier alpha value is -0.120. The highest BCUT2D eigenvalue weighted by atomic mass is 16.5. The second-order valence-electron chi connectivity index (χ2n) is 6.02. The van der Waals surface area contributed by atoms with Gasteiger partial charge in [0.25, 0.3) is 0 Å². The van der Waals surface area contributed by atoms with Crippen LogP contribution < -0.4 is 5.32 Å². The molecule has 3 unspecified atom stereocenters. The first-order valence-corrected chi connectivity index (χ1v) is 7.88. The Morgan fingerprint density at radius 3 is 2.94 bits per heavy atom. The topological polar surface area (TPSA) is 24.5 Å². The van der Waals surface area contributed by atoms with Crippen LogP contribution in [0.3, 0.4) is 0 Å². The van der Waals surface area contributed by atoms with Crippen molar-refractivity contribution < 1.29 is 4.74 Å². The van der Waals surface area contributed by atoms with Crippen molar-refractivity contribution in [1.82, 2.24) is 10.2 Å². The highest BCUT2D eigenvalue weighted by Gasteiger charge is 2.25. The van der Waals surface area contributed by atoms with E-state index in [9.17, 15) is 0 Å². The predicted octanol–water partition coefficient (Wildman–Crippen LogP) is 2.41. The standard InChI is InChI=1S/C15H30N2O/c1-3-6-14-11-16-13(2)12-17(14)9-4-7-15-8-5-10-18-15/h13-16H,3-12H2,1-2H3. The number of ether oxygens (including phenoxy) is 1. The molecule has 0 aliphatic carbocycles. The van der Waals surface area contributed by atoms with E-state index in [1.807, 2.05) is 0 Å². The summed E-state index contributed by atoms with van der Waals surface area (Å²) in [4.78, 5) is 2.71. The third-order valence-corrected chi connectivity index (χ3v) is 4.34. The van der Waals surface area contributed by atoms with Gasteiger partial charge in [-0.05, 0) is 45.6 Å². The molecule has 0 spiro atoms. The minimum atomic E-state index is 0.565. The molecule has 2 aliphatic heterocycles. The van der Waals surface area contributed by atoms with Crippen molar-refractivity contribution in [3.63, 3.8) is 0 Å². The van der Waals surface area contributed by atoms with Crippen LogP contribution in [0, 0.1) is 0 Å². The van der Waals surface area contributed by atoms with Crippen LogP contribution in [0.25, 0.3) is 0 Å². The van der Waals surface area contributed by atoms with Gasteiger partial charge in [-0.15, -0.1) is 0 Å². The molecule has 2 saturated heterocycles. The lowest BCUT2D eigenvalue weighted by Gasteiger charge is -2.39. The van der Waals surface area contributed by atoms with Gasteiger partial charge in [-0.25, -0.2) is 0 Å². The summed E-state index contributed by atoms with van der Waals surface area (Å²) in [6.45, 7) is 9.24. The monoisotopic (exact) mass is 254 g/mol. The number of rotatable bonds is 6. The predicted molar refractivity (Wildman–Crippen MR) is 75.9 cm³/mol. The molecule has 3 nitrogen and oxygen atoms in total. The van der Waals surface area contributed by atoms with Gasteiger partial charge in [-0.1, -0.05) is 13.3 Å². The molecule has 0 radical (unpaired) electrons. The molecule has 2 rings (SSSR count). The molecular formula is C15H30N2O. The molecule has 0 saturated carbocycles. The van der Waals surface area contributed by atoms with Crippen LogP contribution >= 0.6 is 0 Å². The molecule has 1 N–H and O–H groups in total. The van der Waals surface area contributed by atoms with E-state index < -0.39 is 0 Å². The van der Waals surface area contributed by atoms with Crippen molar-refractivity contribution >= 4 is 0 Å². The Labute approximate surface area is 112 Å². The first-order chi connectivity index (χ1) is 8.79. The average molecular weight is 254 g/mol. The number of nitrogens with one attached hydrogen (secondary N) is 1. The normalized spacial score (nSPS) is 34.0. The van der Waals surface area contributed by atoms with Crippen LogP contribution in [0.15, 0.2) is 0 Å². The first-order valence-electron chi connectivity index (χ1n) is 7.88. The molecule has 0 aromatic carbocycles. The Morgan fingerprint density at radius 2 is 2.22 bits per heavy atom. The Bertz CT molecular complexity index is 229. The molecule has 2 fully saturated rings. The van der Waals surface area contributed by atoms with E-state index in [-0.39, 0.29) is 0 Å². The van der Waals surface area contributed by atoms with E-state index in [4.69, 9.17) is 4.74 Å². The van der Waals surface area contributed by atoms with E-state index in [2.05, 4.69) is 24.1 Å². The smallest absolute Gasteiger partial charge is 0.0576 e. The zero-order chi connectivity index (χ0) is 12.8. The fraction of sp³-hybridized carbons (Fsp3) is 1.00. The number of hydrogen-bond acceptors (Lipinski definition) is 3. The van der Waals surface area contributed by atoms with Crippen LogP contribution in [0.4, 0.5) is 0 Å². The van der Waals surface area contributed by atoms with Gasteiger partial charge in [0.05, 0.1) is 6.10 Å². The van der Waals surface area contributed by atoms with Crippen molar-refractivity contribution in [1.29, 1.82) is 0 Å². The molecule has 0 aromatic heterocycles. The molecule has 106 valence electrons. The summed E-state index contributed by atoms with van der Waals surface area (Å²) in [5.41, 5.74) is 0. The fourth-order valence-corrected chi connectivity index (χ4v) is 3.32. The maximum atomic E-state index is 5.71. The minimum Gasteiger partial charge on any atom is -0.378 e. The zero-order valence-electron chi connectivity index (χ0n) is 12.2. The van der Waals surface area contributed by atoms with Crippen molar-refractivity contribution in [3.05, 3.63) is 0 Å². The van der Waals surface area contributed by atoms with E-state index in [0.29, 0.717) is 12.1 Å². The fourth-order valence-electron chi connectivity index (χ4n) is 3.32. The summed E-state index contributed by atoms with van der Waals surface area (Å²) < 4.78 is 5.71. The summed E-state index contributed by atoms with van der Waals surface area (Å²) >= 11 is 0. The minimum absolute atomic E-state index is 0.565. The van der Waals surface area contributed by atoms with Gasteiger partial charge in [0.15, 0.2) is 0 Å². The summed E-state index contributed by atoms with van der Waals surface area (Å²) in [5.74, 6) is 0. The average Bonchev–Trinajstić information content (AvgIpc) is 2.86. The van der Waals surface area contributed by atoms with Gasteiger partial charge in [-0.3, -0.25) is 4.90 Å². The van der Waals surface area contributed by atoms with Crippen molar-refractivity contribution in [2.75, 3.05) is 26.2 Å². The lowest BCUT2D eigenvalue weighted by atomic mass is 10.0. The summed E-state index contributed by atoms with van der Waals surface area (Å²) in [5, 5.41) is 3.61. The maximum Gasteiger partial charge on any atom is 0.0576 e. The molecule has 18 heavy (non-hydrogen) atoms. The summed E-state index contributed by atoms with van der Waals surface area (Å²) in [6.07, 6.45) is 8.32. The van der Waals surface area contributed by atoms with Crippen LogP contribution in [-0.2, 0) is 4.74 Å². The van der Waals surface area contributed by atoms with Crippen LogP contribution in [0.5, 0.6) is 0 Å². The molecule has 0 bridgehead atoms. The molecule has 3 heteroatoms. The van der Waals surface area contributed by atoms with Gasteiger partial charge in [0, 0.05) is 31.8 Å². The number of piperazine rings is 1. The molecular weight excluding hydrogens is 224 g/mol. The Balaban J connectivity index is 1.69. The van der Waals surface area contributed by atoms with Crippen LogP contribution in [0.2, 0.25) is 0 Å². The quantitative estimate of drug-likeness (QED) is 0.788. The van der Waals surface area contributed by atoms with Gasteiger partial charge < -0.3 is 10.1 Å². The van der Waals surface area contributed by atoms with E-state index in [0.717, 1.165) is 12.6 Å². The molecule has 2 aliphatic rings. The summed E-state index contributed by atoms with van der Waals surface area (Å²) in [7, 11) is 0. The van der Waals surface area contributed by atoms with Gasteiger partial charge in [-0.2, -0.15) is 0 Å². The number of nitrogens with zero attached hydrogens (tertiary/aromatic N) is 1. The lowest BCUT2D eigenvalue weighted by Crippen LogP contribution is -2.55. The Morgan fingerprint density at radius 1 is 1.33 bits per heavy atom. The van der Waals surface area contributed by atoms with Crippen molar-refractivity contribution in [2.24, 2.45) is 0 Å². The lowest BCUT2D eigenvalue weighted by molar-refractivity contribution is 0.0874. The van der Waals surface area contributed by atoms with E-state index >= 15 is 0 Å². The second-order valence-corrected chi connectivity index (χ2v) is 6.02. The summed E-state index contributed by atoms with van der Waals surface area (Å²) in [6, 6.07) is 1.41.